The molecule has 0 bridgehead atoms. The largest absolute Gasteiger partial charge is 0.399 e. The summed E-state index contributed by atoms with van der Waals surface area (Å²) in [4.78, 5) is 13.5. The molecule has 0 aromatic heterocycles. The van der Waals surface area contributed by atoms with Gasteiger partial charge in [-0.3, -0.25) is 8.43 Å². The minimum atomic E-state index is -0.0859. The fourth-order valence-corrected chi connectivity index (χ4v) is 2.42. The molecule has 4 nitrogen and oxygen atoms in total. The van der Waals surface area contributed by atoms with E-state index in [4.69, 9.17) is 5.73 Å². The van der Waals surface area contributed by atoms with Crippen molar-refractivity contribution in [1.29, 1.82) is 0 Å². The highest BCUT2D eigenvalue weighted by Crippen LogP contribution is 2.41. The summed E-state index contributed by atoms with van der Waals surface area (Å²) in [6.07, 6.45) is 0. The minimum Gasteiger partial charge on any atom is -0.399 e. The Morgan fingerprint density at radius 2 is 2.25 bits per heavy atom. The van der Waals surface area contributed by atoms with Crippen molar-refractivity contribution in [2.24, 2.45) is 0 Å². The van der Waals surface area contributed by atoms with Crippen molar-refractivity contribution in [3.05, 3.63) is 23.8 Å². The zero-order valence-electron chi connectivity index (χ0n) is 9.25. The van der Waals surface area contributed by atoms with Crippen LogP contribution in [0.2, 0.25) is 0 Å². The summed E-state index contributed by atoms with van der Waals surface area (Å²) in [7, 11) is 0. The fourth-order valence-electron chi connectivity index (χ4n) is 2.13. The first-order valence-electron chi connectivity index (χ1n) is 5.04. The van der Waals surface area contributed by atoms with Gasteiger partial charge in [-0.05, 0) is 23.8 Å². The first kappa shape index (κ1) is 11.5. The molecule has 2 amide bonds. The number of hydrogen-bond acceptors (Lipinski definition) is 2. The monoisotopic (exact) mass is 331 g/mol. The number of halogens is 1. The van der Waals surface area contributed by atoms with Crippen molar-refractivity contribution in [2.45, 2.75) is 19.3 Å². The van der Waals surface area contributed by atoms with Gasteiger partial charge in [-0.1, -0.05) is 13.8 Å². The second-order valence-corrected chi connectivity index (χ2v) is 5.19. The maximum absolute atomic E-state index is 11.7. The van der Waals surface area contributed by atoms with Crippen LogP contribution in [0.4, 0.5) is 16.2 Å². The van der Waals surface area contributed by atoms with Gasteiger partial charge in [0.05, 0.1) is 22.9 Å². The van der Waals surface area contributed by atoms with Gasteiger partial charge in [0.2, 0.25) is 0 Å². The van der Waals surface area contributed by atoms with E-state index in [1.165, 1.54) is 0 Å². The highest BCUT2D eigenvalue weighted by molar-refractivity contribution is 14.1. The lowest BCUT2D eigenvalue weighted by molar-refractivity contribution is 0.252. The van der Waals surface area contributed by atoms with Crippen LogP contribution in [0.25, 0.3) is 0 Å². The molecule has 0 saturated carbocycles. The number of nitrogens with two attached hydrogens (primary N) is 1. The molecular weight excluding hydrogens is 317 g/mol. The Balaban J connectivity index is 2.51. The lowest BCUT2D eigenvalue weighted by Crippen LogP contribution is -2.37. The molecule has 2 rings (SSSR count). The van der Waals surface area contributed by atoms with Crippen LogP contribution in [0.1, 0.15) is 19.4 Å². The molecule has 1 heterocycles. The number of amides is 2. The summed E-state index contributed by atoms with van der Waals surface area (Å²) in [5.41, 5.74) is 8.56. The van der Waals surface area contributed by atoms with E-state index in [1.54, 1.807) is 4.90 Å². The third-order valence-corrected chi connectivity index (χ3v) is 3.38. The predicted octanol–water partition coefficient (Wildman–Crippen LogP) is 2.43. The number of rotatable bonds is 0. The molecule has 0 unspecified atom stereocenters. The van der Waals surface area contributed by atoms with E-state index in [9.17, 15) is 4.79 Å². The van der Waals surface area contributed by atoms with Crippen LogP contribution in [0.15, 0.2) is 18.2 Å². The van der Waals surface area contributed by atoms with E-state index in [0.29, 0.717) is 6.54 Å². The zero-order chi connectivity index (χ0) is 11.9. The van der Waals surface area contributed by atoms with E-state index in [0.717, 1.165) is 16.9 Å². The molecular formula is C11H14IN3O. The standard InChI is InChI=1S/C11H14IN3O/c1-11(2)6-15(10(16)14-12)9-4-3-7(13)5-8(9)11/h3-5H,6,13H2,1-2H3,(H,14,16). The summed E-state index contributed by atoms with van der Waals surface area (Å²) in [6, 6.07) is 5.60. The fraction of sp³-hybridized carbons (Fsp3) is 0.364. The van der Waals surface area contributed by atoms with Crippen molar-refractivity contribution in [3.8, 4) is 0 Å². The van der Waals surface area contributed by atoms with Gasteiger partial charge in [-0.2, -0.15) is 0 Å². The average Bonchev–Trinajstić information content (AvgIpc) is 2.50. The van der Waals surface area contributed by atoms with Crippen LogP contribution in [-0.4, -0.2) is 12.6 Å². The van der Waals surface area contributed by atoms with Crippen LogP contribution in [0.3, 0.4) is 0 Å². The number of fused-ring (bicyclic) bond motifs is 1. The van der Waals surface area contributed by atoms with E-state index in [2.05, 4.69) is 17.4 Å². The van der Waals surface area contributed by atoms with Gasteiger partial charge >= 0.3 is 6.03 Å². The molecule has 1 aliphatic rings. The second kappa shape index (κ2) is 3.80. The Morgan fingerprint density at radius 3 is 2.88 bits per heavy atom. The van der Waals surface area contributed by atoms with Crippen LogP contribution in [0, 0.1) is 0 Å². The molecule has 0 aliphatic carbocycles. The second-order valence-electron chi connectivity index (χ2n) is 4.65. The topological polar surface area (TPSA) is 58.4 Å². The molecule has 86 valence electrons. The van der Waals surface area contributed by atoms with Gasteiger partial charge in [0.25, 0.3) is 0 Å². The molecule has 0 spiro atoms. The van der Waals surface area contributed by atoms with Crippen LogP contribution in [-0.2, 0) is 5.41 Å². The van der Waals surface area contributed by atoms with Gasteiger partial charge in [0.15, 0.2) is 0 Å². The summed E-state index contributed by atoms with van der Waals surface area (Å²) >= 11 is 1.85. The number of nitrogen functional groups attached to an aromatic ring is 1. The Morgan fingerprint density at radius 1 is 1.56 bits per heavy atom. The molecule has 3 N–H and O–H groups in total. The van der Waals surface area contributed by atoms with Gasteiger partial charge in [-0.25, -0.2) is 4.79 Å². The molecule has 1 aromatic carbocycles. The van der Waals surface area contributed by atoms with E-state index < -0.39 is 0 Å². The number of carbonyl (C=O) groups excluding carboxylic acids is 1. The maximum Gasteiger partial charge on any atom is 0.330 e. The number of nitrogens with one attached hydrogen (secondary N) is 1. The Labute approximate surface area is 109 Å². The lowest BCUT2D eigenvalue weighted by atomic mass is 9.87. The van der Waals surface area contributed by atoms with Crippen LogP contribution < -0.4 is 14.2 Å². The highest BCUT2D eigenvalue weighted by atomic mass is 127. The van der Waals surface area contributed by atoms with Crippen molar-refractivity contribution < 1.29 is 4.79 Å². The first-order chi connectivity index (χ1) is 7.45. The lowest BCUT2D eigenvalue weighted by Gasteiger charge is -2.19. The van der Waals surface area contributed by atoms with Crippen molar-refractivity contribution in [3.63, 3.8) is 0 Å². The zero-order valence-corrected chi connectivity index (χ0v) is 11.4. The Kier molecular flexibility index (Phi) is 2.73. The van der Waals surface area contributed by atoms with E-state index in [-0.39, 0.29) is 11.4 Å². The predicted molar refractivity (Wildman–Crippen MR) is 73.8 cm³/mol. The number of carbonyl (C=O) groups is 1. The van der Waals surface area contributed by atoms with Crippen LogP contribution in [0.5, 0.6) is 0 Å². The molecule has 1 aliphatic heterocycles. The smallest absolute Gasteiger partial charge is 0.330 e. The maximum atomic E-state index is 11.7. The van der Waals surface area contributed by atoms with Gasteiger partial charge < -0.3 is 5.73 Å². The molecule has 0 saturated heterocycles. The molecule has 0 atom stereocenters. The normalized spacial score (nSPS) is 17.1. The summed E-state index contributed by atoms with van der Waals surface area (Å²) in [6.45, 7) is 4.91. The van der Waals surface area contributed by atoms with E-state index >= 15 is 0 Å². The number of urea groups is 1. The summed E-state index contributed by atoms with van der Waals surface area (Å²) in [5.74, 6) is 0. The van der Waals surface area contributed by atoms with Crippen molar-refractivity contribution in [2.75, 3.05) is 17.2 Å². The number of hydrogen-bond donors (Lipinski definition) is 2. The Bertz CT molecular complexity index is 445. The van der Waals surface area contributed by atoms with Crippen molar-refractivity contribution in [1.82, 2.24) is 3.53 Å². The number of anilines is 2. The van der Waals surface area contributed by atoms with Crippen molar-refractivity contribution >= 4 is 40.3 Å². The number of benzene rings is 1. The van der Waals surface area contributed by atoms with Crippen LogP contribution >= 0.6 is 22.9 Å². The summed E-state index contributed by atoms with van der Waals surface area (Å²) in [5, 5.41) is 0. The Hall–Kier alpha value is -0.980. The third-order valence-electron chi connectivity index (χ3n) is 2.92. The SMILES string of the molecule is CC1(C)CN(C(=O)NI)c2ccc(N)cc21. The van der Waals surface area contributed by atoms with E-state index in [1.807, 2.05) is 41.1 Å². The molecule has 5 heteroatoms. The van der Waals surface area contributed by atoms with Gasteiger partial charge in [-0.15, -0.1) is 0 Å². The van der Waals surface area contributed by atoms with Gasteiger partial charge in [0, 0.05) is 23.3 Å². The molecule has 0 radical (unpaired) electrons. The molecule has 16 heavy (non-hydrogen) atoms. The number of nitrogens with zero attached hydrogens (tertiary/aromatic N) is 1. The quantitative estimate of drug-likeness (QED) is 0.436. The minimum absolute atomic E-state index is 0.0478. The van der Waals surface area contributed by atoms with Gasteiger partial charge in [0.1, 0.15) is 0 Å². The average molecular weight is 331 g/mol. The first-order valence-corrected chi connectivity index (χ1v) is 6.12. The molecule has 0 fully saturated rings. The third kappa shape index (κ3) is 1.73. The molecule has 1 aromatic rings. The summed E-state index contributed by atoms with van der Waals surface area (Å²) < 4.78 is 2.63. The highest BCUT2D eigenvalue weighted by Gasteiger charge is 2.37.